The average molecular weight is 245 g/mol. The Bertz CT molecular complexity index is 221. The topological polar surface area (TPSA) is 50.7 Å². The van der Waals surface area contributed by atoms with Gasteiger partial charge in [0.25, 0.3) is 0 Å². The second-order valence-electron chi connectivity index (χ2n) is 5.55. The van der Waals surface area contributed by atoms with Crippen LogP contribution < -0.4 is 5.32 Å². The summed E-state index contributed by atoms with van der Waals surface area (Å²) in [6.45, 7) is 6.87. The Labute approximate surface area is 105 Å². The Hall–Kier alpha value is -0.160. The van der Waals surface area contributed by atoms with E-state index in [4.69, 9.17) is 9.47 Å². The molecule has 4 nitrogen and oxygen atoms in total. The number of aliphatic hydroxyl groups excluding tert-OH is 1. The fourth-order valence-corrected chi connectivity index (χ4v) is 2.24. The summed E-state index contributed by atoms with van der Waals surface area (Å²) in [5.41, 5.74) is -0.229. The van der Waals surface area contributed by atoms with Crippen LogP contribution in [0, 0.1) is 0 Å². The number of nitrogens with one attached hydrogen (secondary N) is 1. The molecule has 2 N–H and O–H groups in total. The van der Waals surface area contributed by atoms with Crippen molar-refractivity contribution in [3.8, 4) is 0 Å². The molecule has 1 aliphatic carbocycles. The average Bonchev–Trinajstić information content (AvgIpc) is 3.01. The summed E-state index contributed by atoms with van der Waals surface area (Å²) in [6.07, 6.45) is 3.48. The van der Waals surface area contributed by atoms with Gasteiger partial charge in [0.1, 0.15) is 0 Å². The second kappa shape index (κ2) is 6.69. The molecule has 1 rings (SSSR count). The molecule has 3 atom stereocenters. The molecule has 0 amide bonds. The van der Waals surface area contributed by atoms with Crippen LogP contribution in [0.25, 0.3) is 0 Å². The molecule has 0 aromatic rings. The van der Waals surface area contributed by atoms with Crippen LogP contribution >= 0.6 is 0 Å². The van der Waals surface area contributed by atoms with Crippen molar-refractivity contribution in [1.82, 2.24) is 5.32 Å². The molecule has 102 valence electrons. The maximum absolute atomic E-state index is 9.51. The maximum atomic E-state index is 9.51. The van der Waals surface area contributed by atoms with E-state index in [9.17, 15) is 5.11 Å². The van der Waals surface area contributed by atoms with Crippen molar-refractivity contribution in [1.29, 1.82) is 0 Å². The summed E-state index contributed by atoms with van der Waals surface area (Å²) >= 11 is 0. The van der Waals surface area contributed by atoms with Gasteiger partial charge in [-0.1, -0.05) is 0 Å². The van der Waals surface area contributed by atoms with Crippen molar-refractivity contribution in [2.24, 2.45) is 0 Å². The highest BCUT2D eigenvalue weighted by Gasteiger charge is 2.33. The predicted molar refractivity (Wildman–Crippen MR) is 68.2 cm³/mol. The van der Waals surface area contributed by atoms with E-state index in [1.54, 1.807) is 7.11 Å². The highest BCUT2D eigenvalue weighted by atomic mass is 16.5. The predicted octanol–water partition coefficient (Wildman–Crippen LogP) is 1.32. The van der Waals surface area contributed by atoms with Crippen LogP contribution in [0.2, 0.25) is 0 Å². The Balaban J connectivity index is 2.32. The molecule has 0 radical (unpaired) electrons. The zero-order valence-corrected chi connectivity index (χ0v) is 11.5. The lowest BCUT2D eigenvalue weighted by atomic mass is 9.95. The van der Waals surface area contributed by atoms with E-state index in [-0.39, 0.29) is 24.4 Å². The lowest BCUT2D eigenvalue weighted by Crippen LogP contribution is -2.49. The van der Waals surface area contributed by atoms with Gasteiger partial charge in [0.2, 0.25) is 0 Å². The summed E-state index contributed by atoms with van der Waals surface area (Å²) in [5, 5.41) is 13.0. The minimum Gasteiger partial charge on any atom is -0.394 e. The number of rotatable bonds is 9. The minimum atomic E-state index is -0.229. The van der Waals surface area contributed by atoms with Crippen molar-refractivity contribution in [3.05, 3.63) is 0 Å². The Morgan fingerprint density at radius 1 is 1.35 bits per heavy atom. The van der Waals surface area contributed by atoms with Gasteiger partial charge in [-0.2, -0.15) is 0 Å². The second-order valence-corrected chi connectivity index (χ2v) is 5.55. The summed E-state index contributed by atoms with van der Waals surface area (Å²) in [4.78, 5) is 0. The van der Waals surface area contributed by atoms with Gasteiger partial charge in [0.05, 0.1) is 25.4 Å². The number of ether oxygens (including phenoxy) is 2. The molecule has 4 heteroatoms. The zero-order chi connectivity index (χ0) is 12.9. The van der Waals surface area contributed by atoms with Crippen molar-refractivity contribution >= 4 is 0 Å². The molecule has 3 unspecified atom stereocenters. The van der Waals surface area contributed by atoms with Gasteiger partial charge in [-0.3, -0.25) is 0 Å². The Morgan fingerprint density at radius 3 is 2.47 bits per heavy atom. The van der Waals surface area contributed by atoms with E-state index in [1.165, 1.54) is 12.8 Å². The van der Waals surface area contributed by atoms with Crippen LogP contribution in [-0.2, 0) is 9.47 Å². The van der Waals surface area contributed by atoms with E-state index >= 15 is 0 Å². The van der Waals surface area contributed by atoms with Gasteiger partial charge in [-0.25, -0.2) is 0 Å². The van der Waals surface area contributed by atoms with E-state index in [1.807, 2.05) is 6.92 Å². The van der Waals surface area contributed by atoms with Crippen LogP contribution in [-0.4, -0.2) is 49.2 Å². The summed E-state index contributed by atoms with van der Waals surface area (Å²) in [5.74, 6) is 0. The summed E-state index contributed by atoms with van der Waals surface area (Å²) in [6, 6.07) is 0.593. The van der Waals surface area contributed by atoms with Crippen LogP contribution in [0.4, 0.5) is 0 Å². The van der Waals surface area contributed by atoms with Gasteiger partial charge >= 0.3 is 0 Å². The molecule has 0 aromatic heterocycles. The quantitative estimate of drug-likeness (QED) is 0.643. The first-order valence-corrected chi connectivity index (χ1v) is 6.52. The first-order valence-electron chi connectivity index (χ1n) is 6.52. The van der Waals surface area contributed by atoms with E-state index in [2.05, 4.69) is 19.2 Å². The molecule has 0 aliphatic heterocycles. The van der Waals surface area contributed by atoms with Crippen molar-refractivity contribution in [3.63, 3.8) is 0 Å². The van der Waals surface area contributed by atoms with Crippen LogP contribution in [0.15, 0.2) is 0 Å². The normalized spacial score (nSPS) is 23.1. The third kappa shape index (κ3) is 5.82. The number of hydrogen-bond donors (Lipinski definition) is 2. The summed E-state index contributed by atoms with van der Waals surface area (Å²) in [7, 11) is 1.68. The fourth-order valence-electron chi connectivity index (χ4n) is 2.24. The molecule has 1 fully saturated rings. The minimum absolute atomic E-state index is 0.0962. The van der Waals surface area contributed by atoms with E-state index < -0.39 is 0 Å². The van der Waals surface area contributed by atoms with E-state index in [0.29, 0.717) is 12.6 Å². The first-order chi connectivity index (χ1) is 7.99. The molecule has 0 saturated heterocycles. The number of aliphatic hydroxyl groups is 1. The molecule has 0 spiro atoms. The molecular formula is C13H27NO3. The smallest absolute Gasteiger partial charge is 0.0783 e. The molecule has 0 heterocycles. The van der Waals surface area contributed by atoms with Gasteiger partial charge in [0, 0.05) is 18.7 Å². The van der Waals surface area contributed by atoms with Crippen LogP contribution in [0.3, 0.4) is 0 Å². The standard InChI is InChI=1S/C13H27NO3/c1-10(17-11(2)8-16-4)7-13(3,9-15)14-12-5-6-12/h10-12,14-15H,5-9H2,1-4H3. The Kier molecular flexibility index (Phi) is 5.86. The zero-order valence-electron chi connectivity index (χ0n) is 11.5. The number of hydrogen-bond acceptors (Lipinski definition) is 4. The Morgan fingerprint density at radius 2 is 2.00 bits per heavy atom. The van der Waals surface area contributed by atoms with Gasteiger partial charge < -0.3 is 19.9 Å². The molecule has 0 bridgehead atoms. The van der Waals surface area contributed by atoms with Crippen molar-refractivity contribution < 1.29 is 14.6 Å². The number of methoxy groups -OCH3 is 1. The fraction of sp³-hybridized carbons (Fsp3) is 1.00. The maximum Gasteiger partial charge on any atom is 0.0783 e. The lowest BCUT2D eigenvalue weighted by Gasteiger charge is -2.32. The summed E-state index contributed by atoms with van der Waals surface area (Å²) < 4.78 is 10.9. The highest BCUT2D eigenvalue weighted by molar-refractivity contribution is 4.93. The van der Waals surface area contributed by atoms with Gasteiger partial charge in [-0.15, -0.1) is 0 Å². The van der Waals surface area contributed by atoms with Gasteiger partial charge in [0.15, 0.2) is 0 Å². The van der Waals surface area contributed by atoms with Crippen molar-refractivity contribution in [2.45, 2.75) is 63.8 Å². The molecule has 17 heavy (non-hydrogen) atoms. The van der Waals surface area contributed by atoms with Crippen LogP contribution in [0.1, 0.15) is 40.0 Å². The molecule has 1 aliphatic rings. The monoisotopic (exact) mass is 245 g/mol. The lowest BCUT2D eigenvalue weighted by molar-refractivity contribution is -0.0467. The van der Waals surface area contributed by atoms with Gasteiger partial charge in [-0.05, 0) is 40.0 Å². The third-order valence-electron chi connectivity index (χ3n) is 3.08. The van der Waals surface area contributed by atoms with Crippen LogP contribution in [0.5, 0.6) is 0 Å². The van der Waals surface area contributed by atoms with E-state index in [0.717, 1.165) is 6.42 Å². The SMILES string of the molecule is COCC(C)OC(C)CC(C)(CO)NC1CC1. The molecule has 0 aromatic carbocycles. The molecule has 1 saturated carbocycles. The largest absolute Gasteiger partial charge is 0.394 e. The first kappa shape index (κ1) is 14.9. The highest BCUT2D eigenvalue weighted by Crippen LogP contribution is 2.25. The van der Waals surface area contributed by atoms with Crippen molar-refractivity contribution in [2.75, 3.05) is 20.3 Å². The molecular weight excluding hydrogens is 218 g/mol. The third-order valence-corrected chi connectivity index (χ3v) is 3.08.